The van der Waals surface area contributed by atoms with Crippen LogP contribution < -0.4 is 5.32 Å². The molecule has 0 aliphatic heterocycles. The van der Waals surface area contributed by atoms with Crippen LogP contribution in [0.1, 0.15) is 27.0 Å². The number of rotatable bonds is 7. The molecule has 2 amide bonds. The van der Waals surface area contributed by atoms with Crippen molar-refractivity contribution in [1.29, 1.82) is 0 Å². The summed E-state index contributed by atoms with van der Waals surface area (Å²) in [7, 11) is 1.26. The lowest BCUT2D eigenvalue weighted by Gasteiger charge is -2.27. The summed E-state index contributed by atoms with van der Waals surface area (Å²) in [5.74, 6) is -1.61. The van der Waals surface area contributed by atoms with Crippen molar-refractivity contribution < 1.29 is 35.9 Å². The number of anilines is 1. The zero-order valence-electron chi connectivity index (χ0n) is 21.0. The van der Waals surface area contributed by atoms with Gasteiger partial charge in [0.2, 0.25) is 5.91 Å². The third-order valence-corrected chi connectivity index (χ3v) is 6.27. The molecule has 4 rings (SSSR count). The van der Waals surface area contributed by atoms with E-state index in [1.54, 1.807) is 42.6 Å². The average molecular weight is 560 g/mol. The lowest BCUT2D eigenvalue weighted by atomic mass is 10.0. The second-order valence-corrected chi connectivity index (χ2v) is 9.06. The van der Waals surface area contributed by atoms with E-state index in [9.17, 15) is 35.9 Å². The Morgan fingerprint density at radius 3 is 2.12 bits per heavy atom. The summed E-state index contributed by atoms with van der Waals surface area (Å²) in [6.07, 6.45) is -5.84. The first-order valence-electron chi connectivity index (χ1n) is 12.0. The number of H-pyrrole nitrogens is 1. The molecule has 5 nitrogen and oxygen atoms in total. The van der Waals surface area contributed by atoms with Crippen molar-refractivity contribution in [2.24, 2.45) is 0 Å². The summed E-state index contributed by atoms with van der Waals surface area (Å²) in [6.45, 7) is 0. The molecule has 0 spiro atoms. The highest BCUT2D eigenvalue weighted by molar-refractivity contribution is 5.99. The number of carbonyl (C=O) groups excluding carboxylic acids is 2. The van der Waals surface area contributed by atoms with Crippen LogP contribution in [-0.4, -0.2) is 34.8 Å². The van der Waals surface area contributed by atoms with E-state index in [4.69, 9.17) is 0 Å². The molecule has 1 unspecified atom stereocenters. The number of alkyl halides is 6. The molecule has 1 heterocycles. The molecule has 4 aromatic rings. The van der Waals surface area contributed by atoms with Crippen LogP contribution in [0.4, 0.5) is 32.0 Å². The molecule has 1 aromatic heterocycles. The third kappa shape index (κ3) is 6.71. The number of carbonyl (C=O) groups is 2. The van der Waals surface area contributed by atoms with E-state index in [1.807, 2.05) is 18.2 Å². The van der Waals surface area contributed by atoms with Crippen LogP contribution >= 0.6 is 0 Å². The van der Waals surface area contributed by atoms with Crippen molar-refractivity contribution in [2.45, 2.75) is 24.8 Å². The van der Waals surface area contributed by atoms with Crippen molar-refractivity contribution in [2.75, 3.05) is 12.4 Å². The Morgan fingerprint density at radius 1 is 0.900 bits per heavy atom. The Hall–Kier alpha value is -4.54. The maximum Gasteiger partial charge on any atom is 0.416 e. The highest BCUT2D eigenvalue weighted by Crippen LogP contribution is 2.36. The minimum atomic E-state index is -5.10. The number of para-hydroxylation sites is 2. The van der Waals surface area contributed by atoms with Crippen LogP contribution in [0.15, 0.2) is 91.1 Å². The average Bonchev–Trinajstić information content (AvgIpc) is 3.32. The number of benzene rings is 3. The van der Waals surface area contributed by atoms with Crippen molar-refractivity contribution in [3.63, 3.8) is 0 Å². The number of halogens is 6. The second kappa shape index (κ2) is 11.3. The molecule has 1 atom stereocenters. The van der Waals surface area contributed by atoms with Gasteiger partial charge in [0, 0.05) is 41.5 Å². The van der Waals surface area contributed by atoms with Crippen LogP contribution in [0.25, 0.3) is 10.9 Å². The van der Waals surface area contributed by atoms with Crippen LogP contribution in [0.5, 0.6) is 0 Å². The topological polar surface area (TPSA) is 65.2 Å². The predicted molar refractivity (Wildman–Crippen MR) is 139 cm³/mol. The van der Waals surface area contributed by atoms with E-state index in [-0.39, 0.29) is 12.5 Å². The molecule has 0 saturated heterocycles. The van der Waals surface area contributed by atoms with Gasteiger partial charge in [-0.15, -0.1) is 0 Å². The van der Waals surface area contributed by atoms with Crippen LogP contribution in [0.2, 0.25) is 0 Å². The van der Waals surface area contributed by atoms with Crippen molar-refractivity contribution >= 4 is 28.4 Å². The Kier molecular flexibility index (Phi) is 8.03. The number of aromatic amines is 1. The quantitative estimate of drug-likeness (QED) is 0.188. The van der Waals surface area contributed by atoms with Crippen LogP contribution in [0.3, 0.4) is 0 Å². The molecule has 11 heteroatoms. The summed E-state index contributed by atoms with van der Waals surface area (Å²) in [5, 5.41) is 3.46. The van der Waals surface area contributed by atoms with Crippen molar-refractivity contribution in [1.82, 2.24) is 9.88 Å². The van der Waals surface area contributed by atoms with Gasteiger partial charge in [0.15, 0.2) is 0 Å². The summed E-state index contributed by atoms with van der Waals surface area (Å²) in [6, 6.07) is 15.6. The number of amides is 2. The van der Waals surface area contributed by atoms with Gasteiger partial charge >= 0.3 is 12.4 Å². The van der Waals surface area contributed by atoms with Gasteiger partial charge in [-0.25, -0.2) is 0 Å². The number of fused-ring (bicyclic) bond motifs is 1. The number of likely N-dealkylation sites (N-methyl/N-ethyl adjacent to an activating group) is 1. The number of aromatic nitrogens is 1. The minimum absolute atomic E-state index is 0.0337. The van der Waals surface area contributed by atoms with Gasteiger partial charge in [0.05, 0.1) is 17.2 Å². The van der Waals surface area contributed by atoms with E-state index in [1.165, 1.54) is 19.2 Å². The van der Waals surface area contributed by atoms with E-state index in [0.29, 0.717) is 17.8 Å². The fourth-order valence-corrected chi connectivity index (χ4v) is 4.20. The fourth-order valence-electron chi connectivity index (χ4n) is 4.20. The van der Waals surface area contributed by atoms with Crippen LogP contribution in [0, 0.1) is 0 Å². The Balaban J connectivity index is 1.68. The van der Waals surface area contributed by atoms with E-state index in [0.717, 1.165) is 21.4 Å². The number of hydrogen-bond acceptors (Lipinski definition) is 2. The lowest BCUT2D eigenvalue weighted by molar-refractivity contribution is -0.143. The predicted octanol–water partition coefficient (Wildman–Crippen LogP) is 7.08. The first-order valence-corrected chi connectivity index (χ1v) is 12.0. The van der Waals surface area contributed by atoms with Gasteiger partial charge < -0.3 is 15.2 Å². The molecule has 2 N–H and O–H groups in total. The number of nitrogens with one attached hydrogen (secondary N) is 2. The maximum absolute atomic E-state index is 13.4. The highest BCUT2D eigenvalue weighted by atomic mass is 19.4. The summed E-state index contributed by atoms with van der Waals surface area (Å²) in [5.41, 5.74) is -1.93. The standard InChI is InChI=1S/C29H23F6N3O2/c1-38(27(40)18-13-20(28(30,31)32)16-21(14-18)29(33,34)35)23(11-12-26(39)37-22-7-3-2-4-8-22)15-19-17-36-25-10-6-5-9-24(19)25/h2-14,16-17,23,36H,15H2,1H3,(H,37,39). The first kappa shape index (κ1) is 28.5. The Bertz CT molecular complexity index is 1510. The maximum atomic E-state index is 13.4. The zero-order valence-corrected chi connectivity index (χ0v) is 21.0. The monoisotopic (exact) mass is 559 g/mol. The summed E-state index contributed by atoms with van der Waals surface area (Å²) in [4.78, 5) is 30.0. The van der Waals surface area contributed by atoms with E-state index < -0.39 is 46.9 Å². The molecule has 0 aliphatic rings. The van der Waals surface area contributed by atoms with Gasteiger partial charge in [-0.05, 0) is 48.4 Å². The molecule has 0 aliphatic carbocycles. The molecular formula is C29H23F6N3O2. The number of nitrogens with zero attached hydrogens (tertiary/aromatic N) is 1. The van der Waals surface area contributed by atoms with Gasteiger partial charge in [-0.2, -0.15) is 26.3 Å². The van der Waals surface area contributed by atoms with Gasteiger partial charge in [-0.1, -0.05) is 42.5 Å². The van der Waals surface area contributed by atoms with Gasteiger partial charge in [-0.3, -0.25) is 9.59 Å². The SMILES string of the molecule is CN(C(=O)c1cc(C(F)(F)F)cc(C(F)(F)F)c1)C(C=CC(=O)Nc1ccccc1)Cc1c[nH]c2ccccc12. The summed E-state index contributed by atoms with van der Waals surface area (Å²) >= 11 is 0. The smallest absolute Gasteiger partial charge is 0.361 e. The molecule has 0 bridgehead atoms. The van der Waals surface area contributed by atoms with Gasteiger partial charge in [0.1, 0.15) is 0 Å². The molecule has 40 heavy (non-hydrogen) atoms. The molecular weight excluding hydrogens is 536 g/mol. The molecule has 0 radical (unpaired) electrons. The highest BCUT2D eigenvalue weighted by Gasteiger charge is 2.38. The summed E-state index contributed by atoms with van der Waals surface area (Å²) < 4.78 is 80.4. The minimum Gasteiger partial charge on any atom is -0.361 e. The second-order valence-electron chi connectivity index (χ2n) is 9.06. The first-order chi connectivity index (χ1) is 18.8. The zero-order chi connectivity index (χ0) is 29.1. The van der Waals surface area contributed by atoms with E-state index in [2.05, 4.69) is 10.3 Å². The van der Waals surface area contributed by atoms with Crippen molar-refractivity contribution in [3.8, 4) is 0 Å². The third-order valence-electron chi connectivity index (χ3n) is 6.27. The number of hydrogen-bond donors (Lipinski definition) is 2. The van der Waals surface area contributed by atoms with E-state index >= 15 is 0 Å². The molecule has 0 fully saturated rings. The van der Waals surface area contributed by atoms with Gasteiger partial charge in [0.25, 0.3) is 5.91 Å². The normalized spacial score (nSPS) is 13.0. The Morgan fingerprint density at radius 2 is 1.50 bits per heavy atom. The lowest BCUT2D eigenvalue weighted by Crippen LogP contribution is -2.37. The fraction of sp³-hybridized carbons (Fsp3) is 0.172. The largest absolute Gasteiger partial charge is 0.416 e. The molecule has 3 aromatic carbocycles. The molecule has 208 valence electrons. The Labute approximate surface area is 225 Å². The molecule has 0 saturated carbocycles. The van der Waals surface area contributed by atoms with Crippen LogP contribution in [-0.2, 0) is 23.6 Å². The van der Waals surface area contributed by atoms with Crippen molar-refractivity contribution in [3.05, 3.63) is 113 Å².